The lowest BCUT2D eigenvalue weighted by Crippen LogP contribution is -2.40. The van der Waals surface area contributed by atoms with E-state index >= 15 is 0 Å². The van der Waals surface area contributed by atoms with Gasteiger partial charge in [-0.1, -0.05) is 20.8 Å². The number of hydrogen-bond acceptors (Lipinski definition) is 2. The van der Waals surface area contributed by atoms with Crippen LogP contribution in [0, 0.1) is 17.8 Å². The fourth-order valence-electron chi connectivity index (χ4n) is 2.27. The van der Waals surface area contributed by atoms with Crippen molar-refractivity contribution in [2.24, 2.45) is 23.5 Å². The molecule has 1 saturated carbocycles. The Hall–Kier alpha value is -0.570. The Morgan fingerprint density at radius 3 is 2.60 bits per heavy atom. The van der Waals surface area contributed by atoms with E-state index < -0.39 is 0 Å². The Bertz CT molecular complexity index is 218. The highest BCUT2D eigenvalue weighted by Crippen LogP contribution is 2.31. The summed E-state index contributed by atoms with van der Waals surface area (Å²) in [6, 6.07) is 0.382. The lowest BCUT2D eigenvalue weighted by atomic mass is 9.97. The highest BCUT2D eigenvalue weighted by molar-refractivity contribution is 5.78. The van der Waals surface area contributed by atoms with Crippen LogP contribution in [0.4, 0.5) is 0 Å². The molecule has 88 valence electrons. The van der Waals surface area contributed by atoms with Crippen LogP contribution in [0.5, 0.6) is 0 Å². The van der Waals surface area contributed by atoms with E-state index in [4.69, 9.17) is 5.73 Å². The van der Waals surface area contributed by atoms with Crippen molar-refractivity contribution in [3.63, 3.8) is 0 Å². The number of carbonyl (C=O) groups excluding carboxylic acids is 1. The summed E-state index contributed by atoms with van der Waals surface area (Å²) >= 11 is 0. The summed E-state index contributed by atoms with van der Waals surface area (Å²) in [5.74, 6) is 1.57. The molecule has 1 fully saturated rings. The standard InChI is InChI=1S/C12H24N2O/c1-8-4-5-11(10(8)3)14-12(15)9(2)6-7-13/h8-11H,4-7,13H2,1-3H3,(H,14,15). The third-order valence-electron chi connectivity index (χ3n) is 3.84. The molecule has 3 heteroatoms. The van der Waals surface area contributed by atoms with E-state index in [-0.39, 0.29) is 11.8 Å². The van der Waals surface area contributed by atoms with Gasteiger partial charge in [0.1, 0.15) is 0 Å². The fourth-order valence-corrected chi connectivity index (χ4v) is 2.27. The molecule has 3 N–H and O–H groups in total. The molecule has 0 aromatic rings. The highest BCUT2D eigenvalue weighted by Gasteiger charge is 2.31. The average molecular weight is 212 g/mol. The first kappa shape index (κ1) is 12.5. The maximum absolute atomic E-state index is 11.8. The zero-order valence-electron chi connectivity index (χ0n) is 10.1. The molecule has 0 aromatic carbocycles. The summed E-state index contributed by atoms with van der Waals surface area (Å²) in [5.41, 5.74) is 5.44. The molecule has 3 nitrogen and oxygen atoms in total. The third-order valence-corrected chi connectivity index (χ3v) is 3.84. The second-order valence-corrected chi connectivity index (χ2v) is 5.01. The summed E-state index contributed by atoms with van der Waals surface area (Å²) in [4.78, 5) is 11.8. The van der Waals surface area contributed by atoms with Gasteiger partial charge in [-0.2, -0.15) is 0 Å². The molecule has 0 bridgehead atoms. The minimum absolute atomic E-state index is 0.0538. The third kappa shape index (κ3) is 3.20. The van der Waals surface area contributed by atoms with Gasteiger partial charge in [-0.05, 0) is 37.6 Å². The first-order valence-corrected chi connectivity index (χ1v) is 6.06. The number of nitrogens with one attached hydrogen (secondary N) is 1. The van der Waals surface area contributed by atoms with E-state index in [1.54, 1.807) is 0 Å². The van der Waals surface area contributed by atoms with Crippen LogP contribution in [0.15, 0.2) is 0 Å². The summed E-state index contributed by atoms with van der Waals surface area (Å²) in [6.45, 7) is 7.03. The van der Waals surface area contributed by atoms with Crippen LogP contribution < -0.4 is 11.1 Å². The van der Waals surface area contributed by atoms with Crippen molar-refractivity contribution in [1.82, 2.24) is 5.32 Å². The Morgan fingerprint density at radius 1 is 1.47 bits per heavy atom. The van der Waals surface area contributed by atoms with E-state index in [1.165, 1.54) is 6.42 Å². The van der Waals surface area contributed by atoms with Crippen LogP contribution >= 0.6 is 0 Å². The molecule has 1 rings (SSSR count). The molecule has 4 atom stereocenters. The highest BCUT2D eigenvalue weighted by atomic mass is 16.1. The van der Waals surface area contributed by atoms with Gasteiger partial charge in [0, 0.05) is 12.0 Å². The van der Waals surface area contributed by atoms with Crippen molar-refractivity contribution in [2.45, 2.75) is 46.1 Å². The SMILES string of the molecule is CC(CCN)C(=O)NC1CCC(C)C1C. The second-order valence-electron chi connectivity index (χ2n) is 5.01. The minimum Gasteiger partial charge on any atom is -0.353 e. The van der Waals surface area contributed by atoms with E-state index in [9.17, 15) is 4.79 Å². The number of carbonyl (C=O) groups is 1. The van der Waals surface area contributed by atoms with Crippen LogP contribution in [0.3, 0.4) is 0 Å². The van der Waals surface area contributed by atoms with Gasteiger partial charge < -0.3 is 11.1 Å². The Morgan fingerprint density at radius 2 is 2.13 bits per heavy atom. The molecule has 0 heterocycles. The summed E-state index contributed by atoms with van der Waals surface area (Å²) < 4.78 is 0. The lowest BCUT2D eigenvalue weighted by molar-refractivity contribution is -0.125. The monoisotopic (exact) mass is 212 g/mol. The molecule has 1 amide bonds. The Kier molecular flexibility index (Phi) is 4.58. The van der Waals surface area contributed by atoms with E-state index in [2.05, 4.69) is 19.2 Å². The summed E-state index contributed by atoms with van der Waals surface area (Å²) in [7, 11) is 0. The molecule has 15 heavy (non-hydrogen) atoms. The molecule has 4 unspecified atom stereocenters. The maximum atomic E-state index is 11.8. The van der Waals surface area contributed by atoms with Crippen molar-refractivity contribution >= 4 is 5.91 Å². The molecular weight excluding hydrogens is 188 g/mol. The first-order valence-electron chi connectivity index (χ1n) is 6.06. The van der Waals surface area contributed by atoms with Crippen molar-refractivity contribution in [3.05, 3.63) is 0 Å². The van der Waals surface area contributed by atoms with Crippen LogP contribution in [-0.4, -0.2) is 18.5 Å². The van der Waals surface area contributed by atoms with Gasteiger partial charge in [-0.15, -0.1) is 0 Å². The normalized spacial score (nSPS) is 32.7. The molecule has 0 aliphatic heterocycles. The predicted molar refractivity (Wildman–Crippen MR) is 62.3 cm³/mol. The average Bonchev–Trinajstić information content (AvgIpc) is 2.50. The predicted octanol–water partition coefficient (Wildman–Crippen LogP) is 1.52. The maximum Gasteiger partial charge on any atom is 0.223 e. The number of hydrogen-bond donors (Lipinski definition) is 2. The van der Waals surface area contributed by atoms with Crippen LogP contribution in [0.25, 0.3) is 0 Å². The largest absolute Gasteiger partial charge is 0.353 e. The van der Waals surface area contributed by atoms with Crippen molar-refractivity contribution in [1.29, 1.82) is 0 Å². The van der Waals surface area contributed by atoms with Crippen molar-refractivity contribution in [2.75, 3.05) is 6.54 Å². The van der Waals surface area contributed by atoms with Crippen LogP contribution in [0.2, 0.25) is 0 Å². The van der Waals surface area contributed by atoms with Crippen molar-refractivity contribution in [3.8, 4) is 0 Å². The van der Waals surface area contributed by atoms with Gasteiger partial charge in [0.2, 0.25) is 5.91 Å². The van der Waals surface area contributed by atoms with Crippen molar-refractivity contribution < 1.29 is 4.79 Å². The van der Waals surface area contributed by atoms with Gasteiger partial charge in [0.15, 0.2) is 0 Å². The Balaban J connectivity index is 2.38. The fraction of sp³-hybridized carbons (Fsp3) is 0.917. The quantitative estimate of drug-likeness (QED) is 0.742. The number of amides is 1. The lowest BCUT2D eigenvalue weighted by Gasteiger charge is -2.21. The molecule has 0 saturated heterocycles. The van der Waals surface area contributed by atoms with Gasteiger partial charge in [-0.3, -0.25) is 4.79 Å². The molecule has 0 spiro atoms. The van der Waals surface area contributed by atoms with Gasteiger partial charge in [-0.25, -0.2) is 0 Å². The molecular formula is C12H24N2O. The first-order chi connectivity index (χ1) is 7.06. The van der Waals surface area contributed by atoms with Gasteiger partial charge >= 0.3 is 0 Å². The van der Waals surface area contributed by atoms with Crippen LogP contribution in [0.1, 0.15) is 40.0 Å². The number of rotatable bonds is 4. The summed E-state index contributed by atoms with van der Waals surface area (Å²) in [6.07, 6.45) is 3.14. The number of nitrogens with two attached hydrogens (primary N) is 1. The van der Waals surface area contributed by atoms with Gasteiger partial charge in [0.25, 0.3) is 0 Å². The smallest absolute Gasteiger partial charge is 0.223 e. The Labute approximate surface area is 92.8 Å². The zero-order valence-corrected chi connectivity index (χ0v) is 10.1. The van der Waals surface area contributed by atoms with E-state index in [0.717, 1.165) is 18.8 Å². The molecule has 1 aliphatic carbocycles. The molecule has 0 radical (unpaired) electrons. The van der Waals surface area contributed by atoms with E-state index in [0.29, 0.717) is 18.5 Å². The zero-order chi connectivity index (χ0) is 11.4. The minimum atomic E-state index is 0.0538. The topological polar surface area (TPSA) is 55.1 Å². The van der Waals surface area contributed by atoms with Crippen LogP contribution in [-0.2, 0) is 4.79 Å². The molecule has 1 aliphatic rings. The second kappa shape index (κ2) is 5.50. The van der Waals surface area contributed by atoms with E-state index in [1.807, 2.05) is 6.92 Å². The summed E-state index contributed by atoms with van der Waals surface area (Å²) in [5, 5.41) is 3.15. The molecule has 0 aromatic heterocycles. The van der Waals surface area contributed by atoms with Gasteiger partial charge in [0.05, 0.1) is 0 Å².